The fourth-order valence-corrected chi connectivity index (χ4v) is 1.78. The van der Waals surface area contributed by atoms with Crippen molar-refractivity contribution in [1.82, 2.24) is 5.32 Å². The van der Waals surface area contributed by atoms with E-state index in [4.69, 9.17) is 11.6 Å². The Kier molecular flexibility index (Phi) is 6.57. The van der Waals surface area contributed by atoms with E-state index in [0.717, 1.165) is 0 Å². The van der Waals surface area contributed by atoms with Crippen LogP contribution < -0.4 is 5.32 Å². The van der Waals surface area contributed by atoms with Gasteiger partial charge in [-0.1, -0.05) is 41.9 Å². The molecule has 0 heterocycles. The van der Waals surface area contributed by atoms with Gasteiger partial charge in [0.15, 0.2) is 5.78 Å². The highest BCUT2D eigenvalue weighted by Crippen LogP contribution is 2.09. The number of hydrogen-bond donors (Lipinski definition) is 1. The molecule has 0 unspecified atom stereocenters. The molecule has 0 amide bonds. The monoisotopic (exact) mass is 295 g/mol. The van der Waals surface area contributed by atoms with E-state index in [1.165, 1.54) is 5.56 Å². The first-order valence-corrected chi connectivity index (χ1v) is 6.17. The van der Waals surface area contributed by atoms with Crippen molar-refractivity contribution in [3.8, 4) is 0 Å². The summed E-state index contributed by atoms with van der Waals surface area (Å²) < 4.78 is 0. The first kappa shape index (κ1) is 15.7. The Bertz CT molecular complexity index is 511. The molecule has 1 N–H and O–H groups in total. The van der Waals surface area contributed by atoms with Crippen molar-refractivity contribution in [2.45, 2.75) is 6.54 Å². The molecule has 0 spiro atoms. The molecule has 19 heavy (non-hydrogen) atoms. The zero-order valence-corrected chi connectivity index (χ0v) is 11.9. The molecule has 2 aromatic carbocycles. The Hall–Kier alpha value is -1.35. The summed E-state index contributed by atoms with van der Waals surface area (Å²) in [5.74, 6) is 0.0718. The summed E-state index contributed by atoms with van der Waals surface area (Å²) >= 11 is 5.77. The van der Waals surface area contributed by atoms with Gasteiger partial charge < -0.3 is 5.32 Å². The molecule has 0 aliphatic rings. The summed E-state index contributed by atoms with van der Waals surface area (Å²) in [7, 11) is 0. The summed E-state index contributed by atoms with van der Waals surface area (Å²) in [5.41, 5.74) is 1.85. The number of benzene rings is 2. The van der Waals surface area contributed by atoms with Gasteiger partial charge in [-0.25, -0.2) is 0 Å². The molecule has 0 aliphatic heterocycles. The third-order valence-electron chi connectivity index (χ3n) is 2.62. The van der Waals surface area contributed by atoms with Crippen LogP contribution in [0.3, 0.4) is 0 Å². The third kappa shape index (κ3) is 5.03. The van der Waals surface area contributed by atoms with Crippen LogP contribution in [-0.2, 0) is 6.54 Å². The van der Waals surface area contributed by atoms with Crippen molar-refractivity contribution in [2.75, 3.05) is 6.54 Å². The summed E-state index contributed by atoms with van der Waals surface area (Å²) in [5, 5.41) is 3.77. The predicted octanol–water partition coefficient (Wildman–Crippen LogP) is 3.73. The number of hydrogen-bond acceptors (Lipinski definition) is 2. The average molecular weight is 296 g/mol. The number of Topliss-reactive ketones (excluding diaryl/α,β-unsaturated/α-hetero) is 1. The second-order valence-corrected chi connectivity index (χ2v) is 4.46. The SMILES string of the molecule is Cl.O=C(CNCc1ccccc1)c1ccc(Cl)cc1. The van der Waals surface area contributed by atoms with Crippen LogP contribution in [0.1, 0.15) is 15.9 Å². The standard InChI is InChI=1S/C15H14ClNO.ClH/c16-14-8-6-13(7-9-14)15(18)11-17-10-12-4-2-1-3-5-12;/h1-9,17H,10-11H2;1H. The summed E-state index contributed by atoms with van der Waals surface area (Å²) in [6.45, 7) is 1.02. The number of carbonyl (C=O) groups is 1. The van der Waals surface area contributed by atoms with Crippen LogP contribution in [-0.4, -0.2) is 12.3 Å². The van der Waals surface area contributed by atoms with Gasteiger partial charge in [0, 0.05) is 17.1 Å². The van der Waals surface area contributed by atoms with Crippen LogP contribution >= 0.6 is 24.0 Å². The van der Waals surface area contributed by atoms with Gasteiger partial charge >= 0.3 is 0 Å². The van der Waals surface area contributed by atoms with Crippen molar-refractivity contribution < 1.29 is 4.79 Å². The Labute approximate surface area is 124 Å². The van der Waals surface area contributed by atoms with Crippen LogP contribution in [0.2, 0.25) is 5.02 Å². The van der Waals surface area contributed by atoms with Crippen LogP contribution in [0.4, 0.5) is 0 Å². The maximum atomic E-state index is 11.8. The fraction of sp³-hybridized carbons (Fsp3) is 0.133. The molecule has 0 aliphatic carbocycles. The Morgan fingerprint density at radius 3 is 2.26 bits per heavy atom. The number of rotatable bonds is 5. The normalized spacial score (nSPS) is 9.74. The first-order valence-electron chi connectivity index (χ1n) is 5.79. The van der Waals surface area contributed by atoms with E-state index in [9.17, 15) is 4.79 Å². The largest absolute Gasteiger partial charge is 0.306 e. The van der Waals surface area contributed by atoms with Gasteiger partial charge in [-0.05, 0) is 29.8 Å². The van der Waals surface area contributed by atoms with Crippen LogP contribution in [0.25, 0.3) is 0 Å². The molecule has 100 valence electrons. The minimum absolute atomic E-state index is 0. The van der Waals surface area contributed by atoms with Crippen molar-refractivity contribution in [3.63, 3.8) is 0 Å². The lowest BCUT2D eigenvalue weighted by Crippen LogP contribution is -2.22. The Morgan fingerprint density at radius 2 is 1.63 bits per heavy atom. The number of carbonyl (C=O) groups excluding carboxylic acids is 1. The van der Waals surface area contributed by atoms with E-state index in [-0.39, 0.29) is 18.2 Å². The lowest BCUT2D eigenvalue weighted by molar-refractivity contribution is 0.0991. The molecular formula is C15H15Cl2NO. The fourth-order valence-electron chi connectivity index (χ4n) is 1.65. The molecule has 0 radical (unpaired) electrons. The lowest BCUT2D eigenvalue weighted by atomic mass is 10.1. The molecule has 0 saturated carbocycles. The summed E-state index contributed by atoms with van der Waals surface area (Å²) in [6.07, 6.45) is 0. The lowest BCUT2D eigenvalue weighted by Gasteiger charge is -2.04. The van der Waals surface area contributed by atoms with Crippen LogP contribution in [0, 0.1) is 0 Å². The maximum absolute atomic E-state index is 11.8. The smallest absolute Gasteiger partial charge is 0.176 e. The first-order chi connectivity index (χ1) is 8.75. The highest BCUT2D eigenvalue weighted by atomic mass is 35.5. The predicted molar refractivity (Wildman–Crippen MR) is 81.2 cm³/mol. The van der Waals surface area contributed by atoms with Gasteiger partial charge in [-0.2, -0.15) is 0 Å². The molecule has 0 atom stereocenters. The van der Waals surface area contributed by atoms with Gasteiger partial charge in [0.25, 0.3) is 0 Å². The second kappa shape index (κ2) is 7.95. The molecule has 2 nitrogen and oxygen atoms in total. The number of ketones is 1. The van der Waals surface area contributed by atoms with Gasteiger partial charge in [0.05, 0.1) is 6.54 Å². The van der Waals surface area contributed by atoms with Crippen molar-refractivity contribution >= 4 is 29.8 Å². The van der Waals surface area contributed by atoms with E-state index in [0.29, 0.717) is 23.7 Å². The van der Waals surface area contributed by atoms with Gasteiger partial charge in [0.1, 0.15) is 0 Å². The average Bonchev–Trinajstić information content (AvgIpc) is 2.40. The summed E-state index contributed by atoms with van der Waals surface area (Å²) in [6, 6.07) is 16.9. The quantitative estimate of drug-likeness (QED) is 0.852. The highest BCUT2D eigenvalue weighted by molar-refractivity contribution is 6.30. The Morgan fingerprint density at radius 1 is 1.00 bits per heavy atom. The zero-order chi connectivity index (χ0) is 12.8. The molecule has 4 heteroatoms. The van der Waals surface area contributed by atoms with E-state index in [1.54, 1.807) is 24.3 Å². The molecule has 0 saturated heterocycles. The van der Waals surface area contributed by atoms with E-state index in [1.807, 2.05) is 30.3 Å². The molecule has 2 rings (SSSR count). The highest BCUT2D eigenvalue weighted by Gasteiger charge is 2.04. The minimum Gasteiger partial charge on any atom is -0.306 e. The minimum atomic E-state index is 0. The molecule has 2 aromatic rings. The van der Waals surface area contributed by atoms with E-state index >= 15 is 0 Å². The third-order valence-corrected chi connectivity index (χ3v) is 2.88. The van der Waals surface area contributed by atoms with Crippen molar-refractivity contribution in [2.24, 2.45) is 0 Å². The van der Waals surface area contributed by atoms with Gasteiger partial charge in [0.2, 0.25) is 0 Å². The second-order valence-electron chi connectivity index (χ2n) is 4.02. The van der Waals surface area contributed by atoms with E-state index in [2.05, 4.69) is 5.32 Å². The molecule has 0 fully saturated rings. The number of halogens is 2. The maximum Gasteiger partial charge on any atom is 0.176 e. The molecular weight excluding hydrogens is 281 g/mol. The molecule has 0 bridgehead atoms. The number of nitrogens with one attached hydrogen (secondary N) is 1. The Balaban J connectivity index is 0.00000180. The zero-order valence-electron chi connectivity index (χ0n) is 10.3. The van der Waals surface area contributed by atoms with Crippen LogP contribution in [0.15, 0.2) is 54.6 Å². The van der Waals surface area contributed by atoms with Gasteiger partial charge in [-0.15, -0.1) is 12.4 Å². The van der Waals surface area contributed by atoms with E-state index < -0.39 is 0 Å². The van der Waals surface area contributed by atoms with Crippen molar-refractivity contribution in [3.05, 3.63) is 70.7 Å². The topological polar surface area (TPSA) is 29.1 Å². The van der Waals surface area contributed by atoms with Crippen molar-refractivity contribution in [1.29, 1.82) is 0 Å². The van der Waals surface area contributed by atoms with Crippen LogP contribution in [0.5, 0.6) is 0 Å². The summed E-state index contributed by atoms with van der Waals surface area (Å²) in [4.78, 5) is 11.8. The molecule has 0 aromatic heterocycles. The van der Waals surface area contributed by atoms with Gasteiger partial charge in [-0.3, -0.25) is 4.79 Å².